The van der Waals surface area contributed by atoms with Gasteiger partial charge >= 0.3 is 6.18 Å². The predicted octanol–water partition coefficient (Wildman–Crippen LogP) is 2.89. The standard InChI is InChI=1S/C14H19F3N2/c1-19(12-6-8-18-9-7-12)10-11-4-2-3-5-13(11)14(15,16)17/h2-5,12,18H,6-10H2,1H3. The molecule has 0 saturated carbocycles. The van der Waals surface area contributed by atoms with E-state index in [4.69, 9.17) is 0 Å². The highest BCUT2D eigenvalue weighted by Gasteiger charge is 2.33. The molecule has 0 spiro atoms. The lowest BCUT2D eigenvalue weighted by Gasteiger charge is -2.32. The highest BCUT2D eigenvalue weighted by Crippen LogP contribution is 2.32. The number of benzene rings is 1. The van der Waals surface area contributed by atoms with Crippen LogP contribution in [0.1, 0.15) is 24.0 Å². The zero-order valence-electron chi connectivity index (χ0n) is 11.0. The van der Waals surface area contributed by atoms with Crippen LogP contribution in [0.5, 0.6) is 0 Å². The van der Waals surface area contributed by atoms with Gasteiger partial charge in [-0.3, -0.25) is 4.90 Å². The molecule has 1 N–H and O–H groups in total. The summed E-state index contributed by atoms with van der Waals surface area (Å²) in [6.45, 7) is 2.23. The Hall–Kier alpha value is -1.07. The van der Waals surface area contributed by atoms with Crippen molar-refractivity contribution < 1.29 is 13.2 Å². The third kappa shape index (κ3) is 3.70. The molecule has 19 heavy (non-hydrogen) atoms. The van der Waals surface area contributed by atoms with E-state index in [9.17, 15) is 13.2 Å². The smallest absolute Gasteiger partial charge is 0.317 e. The van der Waals surface area contributed by atoms with E-state index in [2.05, 4.69) is 5.32 Å². The summed E-state index contributed by atoms with van der Waals surface area (Å²) < 4.78 is 38.7. The topological polar surface area (TPSA) is 15.3 Å². The minimum atomic E-state index is -4.27. The lowest BCUT2D eigenvalue weighted by atomic mass is 10.0. The molecule has 1 aromatic rings. The molecule has 2 rings (SSSR count). The molecular weight excluding hydrogens is 253 g/mol. The SMILES string of the molecule is CN(Cc1ccccc1C(F)(F)F)C1CCNCC1. The van der Waals surface area contributed by atoms with Crippen molar-refractivity contribution in [3.63, 3.8) is 0 Å². The Morgan fingerprint density at radius 1 is 1.21 bits per heavy atom. The minimum absolute atomic E-state index is 0.348. The first-order valence-electron chi connectivity index (χ1n) is 6.54. The van der Waals surface area contributed by atoms with E-state index in [0.29, 0.717) is 18.2 Å². The van der Waals surface area contributed by atoms with Crippen LogP contribution in [0.3, 0.4) is 0 Å². The fourth-order valence-electron chi connectivity index (χ4n) is 2.58. The summed E-state index contributed by atoms with van der Waals surface area (Å²) in [6, 6.07) is 6.20. The van der Waals surface area contributed by atoms with Crippen LogP contribution in [0.25, 0.3) is 0 Å². The van der Waals surface area contributed by atoms with Gasteiger partial charge in [-0.15, -0.1) is 0 Å². The number of hydrogen-bond acceptors (Lipinski definition) is 2. The number of nitrogens with one attached hydrogen (secondary N) is 1. The Balaban J connectivity index is 2.10. The van der Waals surface area contributed by atoms with Crippen molar-refractivity contribution in [2.24, 2.45) is 0 Å². The van der Waals surface area contributed by atoms with Crippen molar-refractivity contribution in [2.45, 2.75) is 31.6 Å². The molecule has 0 radical (unpaired) electrons. The summed E-state index contributed by atoms with van der Waals surface area (Å²) in [5.74, 6) is 0. The van der Waals surface area contributed by atoms with Gasteiger partial charge in [0, 0.05) is 12.6 Å². The maximum absolute atomic E-state index is 12.9. The number of piperidine rings is 1. The zero-order valence-corrected chi connectivity index (χ0v) is 11.0. The number of nitrogens with zero attached hydrogens (tertiary/aromatic N) is 1. The van der Waals surface area contributed by atoms with Crippen LogP contribution in [-0.4, -0.2) is 31.1 Å². The third-order valence-electron chi connectivity index (χ3n) is 3.67. The van der Waals surface area contributed by atoms with Gasteiger partial charge < -0.3 is 5.32 Å². The average Bonchev–Trinajstić information content (AvgIpc) is 2.39. The van der Waals surface area contributed by atoms with Gasteiger partial charge in [-0.2, -0.15) is 13.2 Å². The predicted molar refractivity (Wildman–Crippen MR) is 68.8 cm³/mol. The molecule has 1 heterocycles. The second-order valence-corrected chi connectivity index (χ2v) is 5.05. The fraction of sp³-hybridized carbons (Fsp3) is 0.571. The summed E-state index contributed by atoms with van der Waals surface area (Å²) in [6.07, 6.45) is -2.29. The van der Waals surface area contributed by atoms with Crippen molar-refractivity contribution in [2.75, 3.05) is 20.1 Å². The van der Waals surface area contributed by atoms with Gasteiger partial charge in [-0.1, -0.05) is 18.2 Å². The molecule has 1 aromatic carbocycles. The van der Waals surface area contributed by atoms with E-state index in [1.54, 1.807) is 12.1 Å². The molecule has 0 atom stereocenters. The van der Waals surface area contributed by atoms with Gasteiger partial charge in [0.1, 0.15) is 0 Å². The summed E-state index contributed by atoms with van der Waals surface area (Å²) in [5.41, 5.74) is -0.160. The Bertz CT molecular complexity index is 411. The molecule has 0 unspecified atom stereocenters. The number of halogens is 3. The lowest BCUT2D eigenvalue weighted by molar-refractivity contribution is -0.138. The summed E-state index contributed by atoms with van der Waals surface area (Å²) in [7, 11) is 1.91. The Morgan fingerprint density at radius 3 is 2.47 bits per heavy atom. The van der Waals surface area contributed by atoms with Crippen molar-refractivity contribution >= 4 is 0 Å². The highest BCUT2D eigenvalue weighted by molar-refractivity contribution is 5.29. The third-order valence-corrected chi connectivity index (χ3v) is 3.67. The molecule has 0 bridgehead atoms. The molecule has 1 fully saturated rings. The van der Waals surface area contributed by atoms with Crippen LogP contribution in [0.2, 0.25) is 0 Å². The largest absolute Gasteiger partial charge is 0.416 e. The second kappa shape index (κ2) is 5.92. The first-order chi connectivity index (χ1) is 8.98. The van der Waals surface area contributed by atoms with E-state index in [-0.39, 0.29) is 0 Å². The van der Waals surface area contributed by atoms with Crippen LogP contribution in [0.4, 0.5) is 13.2 Å². The van der Waals surface area contributed by atoms with Crippen LogP contribution in [0.15, 0.2) is 24.3 Å². The number of hydrogen-bond donors (Lipinski definition) is 1. The molecular formula is C14H19F3N2. The summed E-state index contributed by atoms with van der Waals surface area (Å²) in [4.78, 5) is 2.03. The van der Waals surface area contributed by atoms with E-state index < -0.39 is 11.7 Å². The fourth-order valence-corrected chi connectivity index (χ4v) is 2.58. The van der Waals surface area contributed by atoms with Gasteiger partial charge in [0.2, 0.25) is 0 Å². The molecule has 0 amide bonds. The van der Waals surface area contributed by atoms with E-state index in [0.717, 1.165) is 32.0 Å². The van der Waals surface area contributed by atoms with Crippen molar-refractivity contribution in [1.29, 1.82) is 0 Å². The van der Waals surface area contributed by atoms with Gasteiger partial charge in [-0.05, 0) is 44.6 Å². The molecule has 106 valence electrons. The van der Waals surface area contributed by atoms with Crippen LogP contribution in [0, 0.1) is 0 Å². The van der Waals surface area contributed by atoms with E-state index >= 15 is 0 Å². The molecule has 1 aliphatic rings. The molecule has 0 aliphatic carbocycles. The van der Waals surface area contributed by atoms with Crippen LogP contribution < -0.4 is 5.32 Å². The summed E-state index contributed by atoms with van der Waals surface area (Å²) >= 11 is 0. The van der Waals surface area contributed by atoms with Crippen LogP contribution >= 0.6 is 0 Å². The Labute approximate surface area is 111 Å². The van der Waals surface area contributed by atoms with E-state index in [1.807, 2.05) is 11.9 Å². The minimum Gasteiger partial charge on any atom is -0.317 e. The average molecular weight is 272 g/mol. The van der Waals surface area contributed by atoms with Crippen LogP contribution in [-0.2, 0) is 12.7 Å². The Kier molecular flexibility index (Phi) is 4.47. The van der Waals surface area contributed by atoms with Crippen molar-refractivity contribution in [1.82, 2.24) is 10.2 Å². The molecule has 1 saturated heterocycles. The summed E-state index contributed by atoms with van der Waals surface area (Å²) in [5, 5.41) is 3.26. The normalized spacial score (nSPS) is 17.9. The zero-order chi connectivity index (χ0) is 13.9. The monoisotopic (exact) mass is 272 g/mol. The first kappa shape index (κ1) is 14.3. The van der Waals surface area contributed by atoms with Gasteiger partial charge in [0.15, 0.2) is 0 Å². The lowest BCUT2D eigenvalue weighted by Crippen LogP contribution is -2.40. The number of rotatable bonds is 3. The van der Waals surface area contributed by atoms with Gasteiger partial charge in [0.05, 0.1) is 5.56 Å². The van der Waals surface area contributed by atoms with Crippen molar-refractivity contribution in [3.8, 4) is 0 Å². The number of alkyl halides is 3. The van der Waals surface area contributed by atoms with E-state index in [1.165, 1.54) is 6.07 Å². The highest BCUT2D eigenvalue weighted by atomic mass is 19.4. The first-order valence-corrected chi connectivity index (χ1v) is 6.54. The van der Waals surface area contributed by atoms with Gasteiger partial charge in [0.25, 0.3) is 0 Å². The van der Waals surface area contributed by atoms with Gasteiger partial charge in [-0.25, -0.2) is 0 Å². The Morgan fingerprint density at radius 2 is 1.84 bits per heavy atom. The molecule has 2 nitrogen and oxygen atoms in total. The second-order valence-electron chi connectivity index (χ2n) is 5.05. The molecule has 5 heteroatoms. The maximum atomic E-state index is 12.9. The quantitative estimate of drug-likeness (QED) is 0.910. The molecule has 1 aliphatic heterocycles. The molecule has 0 aromatic heterocycles. The van der Waals surface area contributed by atoms with Crippen molar-refractivity contribution in [3.05, 3.63) is 35.4 Å². The maximum Gasteiger partial charge on any atom is 0.416 e.